The fourth-order valence-electron chi connectivity index (χ4n) is 2.67. The average molecular weight is 331 g/mol. The molecular formula is C15H21N7O2. The van der Waals surface area contributed by atoms with Crippen LogP contribution in [-0.4, -0.2) is 58.4 Å². The molecule has 2 aromatic rings. The number of carbonyl (C=O) groups is 1. The van der Waals surface area contributed by atoms with E-state index in [0.29, 0.717) is 25.6 Å². The summed E-state index contributed by atoms with van der Waals surface area (Å²) in [5.41, 5.74) is 1.66. The van der Waals surface area contributed by atoms with Gasteiger partial charge in [0.15, 0.2) is 11.7 Å². The number of hydrogen-bond acceptors (Lipinski definition) is 5. The summed E-state index contributed by atoms with van der Waals surface area (Å²) in [4.78, 5) is 20.4. The van der Waals surface area contributed by atoms with Gasteiger partial charge in [-0.1, -0.05) is 5.16 Å². The first-order valence-corrected chi connectivity index (χ1v) is 7.73. The lowest BCUT2D eigenvalue weighted by atomic mass is 10.3. The highest BCUT2D eigenvalue weighted by Gasteiger charge is 2.27. The fourth-order valence-corrected chi connectivity index (χ4v) is 2.67. The van der Waals surface area contributed by atoms with E-state index in [2.05, 4.69) is 20.6 Å². The molecule has 0 aliphatic carbocycles. The van der Waals surface area contributed by atoms with E-state index in [-0.39, 0.29) is 12.5 Å². The van der Waals surface area contributed by atoms with E-state index in [0.717, 1.165) is 17.1 Å². The average Bonchev–Trinajstić information content (AvgIpc) is 3.16. The van der Waals surface area contributed by atoms with E-state index in [1.807, 2.05) is 31.1 Å². The lowest BCUT2D eigenvalue weighted by molar-refractivity contribution is -0.120. The lowest BCUT2D eigenvalue weighted by Gasteiger charge is -2.35. The Labute approximate surface area is 139 Å². The number of anilines is 1. The third-order valence-corrected chi connectivity index (χ3v) is 3.83. The number of aliphatic imine (C=N–C) groups is 1. The first kappa shape index (κ1) is 16.0. The number of rotatable bonds is 3. The molecule has 3 rings (SSSR count). The van der Waals surface area contributed by atoms with Crippen LogP contribution in [0.15, 0.2) is 28.0 Å². The van der Waals surface area contributed by atoms with Gasteiger partial charge in [-0.05, 0) is 6.92 Å². The molecule has 128 valence electrons. The summed E-state index contributed by atoms with van der Waals surface area (Å²) < 4.78 is 6.86. The van der Waals surface area contributed by atoms with Crippen molar-refractivity contribution in [3.63, 3.8) is 0 Å². The van der Waals surface area contributed by atoms with Crippen molar-refractivity contribution in [2.24, 2.45) is 12.0 Å². The van der Waals surface area contributed by atoms with Gasteiger partial charge in [-0.15, -0.1) is 0 Å². The first-order chi connectivity index (χ1) is 11.6. The smallest absolute Gasteiger partial charge is 0.246 e. The van der Waals surface area contributed by atoms with E-state index < -0.39 is 0 Å². The number of nitrogens with zero attached hydrogens (tertiary/aromatic N) is 6. The van der Waals surface area contributed by atoms with Crippen molar-refractivity contribution < 1.29 is 9.32 Å². The van der Waals surface area contributed by atoms with Gasteiger partial charge < -0.3 is 19.6 Å². The number of hydrogen-bond donors (Lipinski definition) is 1. The Balaban J connectivity index is 1.60. The van der Waals surface area contributed by atoms with Gasteiger partial charge in [0.1, 0.15) is 6.54 Å². The molecule has 0 radical (unpaired) electrons. The second-order valence-electron chi connectivity index (χ2n) is 5.67. The molecule has 1 fully saturated rings. The van der Waals surface area contributed by atoms with Crippen LogP contribution in [0.4, 0.5) is 5.69 Å². The zero-order valence-electron chi connectivity index (χ0n) is 14.1. The number of carbonyl (C=O) groups excluding carboxylic acids is 1. The van der Waals surface area contributed by atoms with E-state index in [1.165, 1.54) is 0 Å². The Morgan fingerprint density at radius 3 is 2.88 bits per heavy atom. The molecule has 1 amide bonds. The van der Waals surface area contributed by atoms with Gasteiger partial charge in [0.25, 0.3) is 0 Å². The zero-order chi connectivity index (χ0) is 17.1. The molecule has 1 aliphatic rings. The second kappa shape index (κ2) is 6.73. The zero-order valence-corrected chi connectivity index (χ0v) is 14.1. The Morgan fingerprint density at radius 2 is 2.29 bits per heavy atom. The highest BCUT2D eigenvalue weighted by molar-refractivity contribution is 5.98. The van der Waals surface area contributed by atoms with Crippen molar-refractivity contribution in [3.05, 3.63) is 29.9 Å². The number of nitrogens with one attached hydrogen (secondary N) is 1. The van der Waals surface area contributed by atoms with Crippen molar-refractivity contribution in [1.29, 1.82) is 0 Å². The van der Waals surface area contributed by atoms with Gasteiger partial charge in [-0.3, -0.25) is 14.5 Å². The van der Waals surface area contributed by atoms with Crippen LogP contribution in [0.2, 0.25) is 0 Å². The Hall–Kier alpha value is -2.84. The highest BCUT2D eigenvalue weighted by Crippen LogP contribution is 2.16. The Bertz CT molecular complexity index is 749. The van der Waals surface area contributed by atoms with E-state index >= 15 is 0 Å². The molecule has 0 saturated carbocycles. The van der Waals surface area contributed by atoms with Gasteiger partial charge in [0, 0.05) is 39.4 Å². The molecule has 9 heteroatoms. The monoisotopic (exact) mass is 331 g/mol. The maximum Gasteiger partial charge on any atom is 0.246 e. The van der Waals surface area contributed by atoms with Gasteiger partial charge in [-0.2, -0.15) is 5.10 Å². The van der Waals surface area contributed by atoms with Gasteiger partial charge >= 0.3 is 0 Å². The third kappa shape index (κ3) is 3.39. The summed E-state index contributed by atoms with van der Waals surface area (Å²) in [6.45, 7) is 3.90. The maximum absolute atomic E-state index is 12.4. The van der Waals surface area contributed by atoms with E-state index in [1.54, 1.807) is 22.8 Å². The van der Waals surface area contributed by atoms with Gasteiger partial charge in [0.05, 0.1) is 24.1 Å². The molecule has 3 heterocycles. The number of aromatic nitrogens is 3. The molecule has 24 heavy (non-hydrogen) atoms. The SMILES string of the molecule is CN=C(NCc1cc(C)no1)N1CCN(c2cnn(C)c2)C(=O)C1. The number of aryl methyl sites for hydroxylation is 2. The van der Waals surface area contributed by atoms with Crippen molar-refractivity contribution in [2.45, 2.75) is 13.5 Å². The summed E-state index contributed by atoms with van der Waals surface area (Å²) in [6.07, 6.45) is 3.54. The molecule has 0 aromatic carbocycles. The minimum atomic E-state index is 0.0210. The quantitative estimate of drug-likeness (QED) is 0.635. The molecule has 0 atom stereocenters. The molecule has 0 bridgehead atoms. The molecule has 0 spiro atoms. The fraction of sp³-hybridized carbons (Fsp3) is 0.467. The topological polar surface area (TPSA) is 91.8 Å². The van der Waals surface area contributed by atoms with Crippen molar-refractivity contribution in [3.8, 4) is 0 Å². The van der Waals surface area contributed by atoms with Crippen LogP contribution in [-0.2, 0) is 18.4 Å². The van der Waals surface area contributed by atoms with Crippen LogP contribution in [0, 0.1) is 6.92 Å². The highest BCUT2D eigenvalue weighted by atomic mass is 16.5. The van der Waals surface area contributed by atoms with Crippen molar-refractivity contribution in [1.82, 2.24) is 25.2 Å². The number of guanidine groups is 1. The van der Waals surface area contributed by atoms with Crippen LogP contribution < -0.4 is 10.2 Å². The first-order valence-electron chi connectivity index (χ1n) is 7.73. The summed E-state index contributed by atoms with van der Waals surface area (Å²) in [5, 5.41) is 11.2. The maximum atomic E-state index is 12.4. The molecule has 1 saturated heterocycles. The molecule has 1 N–H and O–H groups in total. The van der Waals surface area contributed by atoms with E-state index in [4.69, 9.17) is 4.52 Å². The van der Waals surface area contributed by atoms with Crippen molar-refractivity contribution in [2.75, 3.05) is 31.6 Å². The third-order valence-electron chi connectivity index (χ3n) is 3.83. The standard InChI is InChI=1S/C15H21N7O2/c1-11-6-13(24-19-11)8-17-15(16-2)21-4-5-22(14(23)10-21)12-7-18-20(3)9-12/h6-7,9H,4-5,8,10H2,1-3H3,(H,16,17). The van der Waals surface area contributed by atoms with Crippen LogP contribution in [0.25, 0.3) is 0 Å². The summed E-state index contributed by atoms with van der Waals surface area (Å²) in [6, 6.07) is 1.87. The molecule has 9 nitrogen and oxygen atoms in total. The Kier molecular flexibility index (Phi) is 4.50. The molecule has 2 aromatic heterocycles. The molecule has 1 aliphatic heterocycles. The predicted octanol–water partition coefficient (Wildman–Crippen LogP) is 0.141. The normalized spacial score (nSPS) is 16.0. The largest absolute Gasteiger partial charge is 0.359 e. The van der Waals surface area contributed by atoms with E-state index in [9.17, 15) is 4.79 Å². The number of amides is 1. The minimum Gasteiger partial charge on any atom is -0.359 e. The van der Waals surface area contributed by atoms with Crippen LogP contribution >= 0.6 is 0 Å². The lowest BCUT2D eigenvalue weighted by Crippen LogP contribution is -2.55. The minimum absolute atomic E-state index is 0.0210. The van der Waals surface area contributed by atoms with Crippen molar-refractivity contribution >= 4 is 17.6 Å². The molecule has 0 unspecified atom stereocenters. The van der Waals surface area contributed by atoms with Gasteiger partial charge in [0.2, 0.25) is 5.91 Å². The van der Waals surface area contributed by atoms with Crippen LogP contribution in [0.5, 0.6) is 0 Å². The Morgan fingerprint density at radius 1 is 1.46 bits per heavy atom. The summed E-state index contributed by atoms with van der Waals surface area (Å²) >= 11 is 0. The molecular weight excluding hydrogens is 310 g/mol. The summed E-state index contributed by atoms with van der Waals surface area (Å²) in [7, 11) is 3.53. The number of piperazine rings is 1. The van der Waals surface area contributed by atoms with Crippen LogP contribution in [0.3, 0.4) is 0 Å². The van der Waals surface area contributed by atoms with Crippen LogP contribution in [0.1, 0.15) is 11.5 Å². The predicted molar refractivity (Wildman–Crippen MR) is 88.6 cm³/mol. The summed E-state index contributed by atoms with van der Waals surface area (Å²) in [5.74, 6) is 1.42. The second-order valence-corrected chi connectivity index (χ2v) is 5.67. The van der Waals surface area contributed by atoms with Gasteiger partial charge in [-0.25, -0.2) is 0 Å².